The number of aryl methyl sites for hydroxylation is 2. The molecule has 0 aromatic carbocycles. The molecule has 1 atom stereocenters. The minimum atomic E-state index is -1.21. The smallest absolute Gasteiger partial charge is 0.154 e. The van der Waals surface area contributed by atoms with Crippen LogP contribution in [0.15, 0.2) is 0 Å². The highest BCUT2D eigenvalue weighted by Crippen LogP contribution is 2.38. The van der Waals surface area contributed by atoms with E-state index in [1.165, 1.54) is 0 Å². The average Bonchev–Trinajstić information content (AvgIpc) is 2.69. The topological polar surface area (TPSA) is 30.7 Å². The number of fused-ring (bicyclic) bond motifs is 1. The Morgan fingerprint density at radius 1 is 1.31 bits per heavy atom. The van der Waals surface area contributed by atoms with Crippen molar-refractivity contribution in [2.45, 2.75) is 64.6 Å². The van der Waals surface area contributed by atoms with E-state index in [-0.39, 0.29) is 0 Å². The molecule has 0 fully saturated rings. The normalized spacial score (nSPS) is 25.9. The van der Waals surface area contributed by atoms with Crippen LogP contribution in [0.4, 0.5) is 4.39 Å². The molecular weight excluding hydrogens is 205 g/mol. The van der Waals surface area contributed by atoms with Gasteiger partial charge in [-0.1, -0.05) is 18.6 Å². The van der Waals surface area contributed by atoms with Crippen LogP contribution in [0.2, 0.25) is 0 Å². The van der Waals surface area contributed by atoms with Gasteiger partial charge in [-0.2, -0.15) is 0 Å². The number of nitrogens with zero attached hydrogens (tertiary/aromatic N) is 3. The molecule has 0 radical (unpaired) electrons. The molecule has 0 amide bonds. The van der Waals surface area contributed by atoms with Gasteiger partial charge in [0.25, 0.3) is 0 Å². The van der Waals surface area contributed by atoms with Crippen molar-refractivity contribution < 1.29 is 4.39 Å². The molecule has 0 spiro atoms. The first-order chi connectivity index (χ1) is 7.71. The molecule has 0 N–H and O–H groups in total. The first-order valence-electron chi connectivity index (χ1n) is 6.33. The third-order valence-electron chi connectivity index (χ3n) is 3.58. The summed E-state index contributed by atoms with van der Waals surface area (Å²) in [5, 5.41) is 8.22. The second kappa shape index (κ2) is 4.52. The van der Waals surface area contributed by atoms with E-state index >= 15 is 0 Å². The highest BCUT2D eigenvalue weighted by atomic mass is 19.1. The lowest BCUT2D eigenvalue weighted by atomic mass is 9.87. The van der Waals surface area contributed by atoms with Gasteiger partial charge in [-0.15, -0.1) is 5.10 Å². The summed E-state index contributed by atoms with van der Waals surface area (Å²) in [6.07, 6.45) is 5.19. The molecule has 2 rings (SSSR count). The van der Waals surface area contributed by atoms with Crippen molar-refractivity contribution in [3.8, 4) is 0 Å². The second-order valence-corrected chi connectivity index (χ2v) is 4.58. The molecule has 1 aromatic heterocycles. The third kappa shape index (κ3) is 1.85. The van der Waals surface area contributed by atoms with Crippen molar-refractivity contribution in [2.24, 2.45) is 0 Å². The van der Waals surface area contributed by atoms with E-state index in [0.717, 1.165) is 37.1 Å². The first kappa shape index (κ1) is 11.6. The fourth-order valence-corrected chi connectivity index (χ4v) is 2.57. The number of aromatic nitrogens is 3. The zero-order chi connectivity index (χ0) is 11.6. The maximum absolute atomic E-state index is 14.9. The van der Waals surface area contributed by atoms with Crippen molar-refractivity contribution in [1.29, 1.82) is 0 Å². The Morgan fingerprint density at radius 2 is 2.12 bits per heavy atom. The van der Waals surface area contributed by atoms with Crippen molar-refractivity contribution in [1.82, 2.24) is 15.0 Å². The Labute approximate surface area is 96.0 Å². The Bertz CT molecular complexity index is 361. The van der Waals surface area contributed by atoms with E-state index in [9.17, 15) is 4.39 Å². The zero-order valence-electron chi connectivity index (χ0n) is 10.2. The number of hydrogen-bond acceptors (Lipinski definition) is 2. The van der Waals surface area contributed by atoms with Crippen LogP contribution in [0.3, 0.4) is 0 Å². The third-order valence-corrected chi connectivity index (χ3v) is 3.58. The fraction of sp³-hybridized carbons (Fsp3) is 0.833. The van der Waals surface area contributed by atoms with Crippen molar-refractivity contribution in [2.75, 3.05) is 0 Å². The molecule has 0 aliphatic heterocycles. The Balaban J connectivity index is 2.47. The van der Waals surface area contributed by atoms with Crippen LogP contribution in [-0.2, 0) is 18.6 Å². The summed E-state index contributed by atoms with van der Waals surface area (Å²) in [5.74, 6) is 0. The Hall–Kier alpha value is -0.930. The molecule has 1 unspecified atom stereocenters. The molecule has 0 saturated heterocycles. The van der Waals surface area contributed by atoms with Gasteiger partial charge in [0.2, 0.25) is 0 Å². The van der Waals surface area contributed by atoms with Crippen LogP contribution in [-0.4, -0.2) is 15.0 Å². The summed E-state index contributed by atoms with van der Waals surface area (Å²) in [6, 6.07) is 0. The van der Waals surface area contributed by atoms with E-state index in [1.807, 2.05) is 13.8 Å². The van der Waals surface area contributed by atoms with Gasteiger partial charge >= 0.3 is 0 Å². The molecule has 1 heterocycles. The van der Waals surface area contributed by atoms with E-state index in [0.29, 0.717) is 19.4 Å². The van der Waals surface area contributed by atoms with E-state index in [4.69, 9.17) is 0 Å². The lowest BCUT2D eigenvalue weighted by Gasteiger charge is -2.27. The number of halogens is 1. The summed E-state index contributed by atoms with van der Waals surface area (Å²) < 4.78 is 16.7. The maximum Gasteiger partial charge on any atom is 0.154 e. The molecule has 1 aliphatic rings. The Morgan fingerprint density at radius 3 is 2.81 bits per heavy atom. The standard InChI is InChI=1S/C12H20FN3/c1-3-12(13)9-7-5-6-8-10-11(12)16(4-2)15-14-10/h3-9H2,1-2H3. The zero-order valence-corrected chi connectivity index (χ0v) is 10.2. The second-order valence-electron chi connectivity index (χ2n) is 4.58. The first-order valence-corrected chi connectivity index (χ1v) is 6.33. The van der Waals surface area contributed by atoms with Crippen LogP contribution in [0.1, 0.15) is 57.3 Å². The quantitative estimate of drug-likeness (QED) is 0.774. The molecule has 0 bridgehead atoms. The van der Waals surface area contributed by atoms with Crippen molar-refractivity contribution >= 4 is 0 Å². The van der Waals surface area contributed by atoms with Crippen molar-refractivity contribution in [3.05, 3.63) is 11.4 Å². The minimum Gasteiger partial charge on any atom is -0.246 e. The van der Waals surface area contributed by atoms with Crippen LogP contribution in [0.5, 0.6) is 0 Å². The van der Waals surface area contributed by atoms with Gasteiger partial charge in [0.1, 0.15) is 0 Å². The molecule has 3 nitrogen and oxygen atoms in total. The number of rotatable bonds is 2. The predicted octanol–water partition coefficient (Wildman–Crippen LogP) is 2.99. The molecule has 90 valence electrons. The van der Waals surface area contributed by atoms with Gasteiger partial charge in [0.05, 0.1) is 11.4 Å². The fourth-order valence-electron chi connectivity index (χ4n) is 2.57. The highest BCUT2D eigenvalue weighted by Gasteiger charge is 2.37. The molecule has 1 aliphatic carbocycles. The Kier molecular flexibility index (Phi) is 3.26. The van der Waals surface area contributed by atoms with Crippen molar-refractivity contribution in [3.63, 3.8) is 0 Å². The monoisotopic (exact) mass is 225 g/mol. The van der Waals surface area contributed by atoms with Gasteiger partial charge in [0.15, 0.2) is 5.67 Å². The summed E-state index contributed by atoms with van der Waals surface area (Å²) in [5.41, 5.74) is 0.415. The SMILES string of the molecule is CCn1nnc2c1C(F)(CC)CCCCC2. The summed E-state index contributed by atoms with van der Waals surface area (Å²) >= 11 is 0. The molecular formula is C12H20FN3. The lowest BCUT2D eigenvalue weighted by Crippen LogP contribution is -2.26. The molecule has 1 aromatic rings. The molecule has 4 heteroatoms. The van der Waals surface area contributed by atoms with Gasteiger partial charge in [0, 0.05) is 6.54 Å². The largest absolute Gasteiger partial charge is 0.246 e. The van der Waals surface area contributed by atoms with Crippen LogP contribution in [0.25, 0.3) is 0 Å². The van der Waals surface area contributed by atoms with Gasteiger partial charge in [-0.05, 0) is 39.0 Å². The van der Waals surface area contributed by atoms with Crippen LogP contribution < -0.4 is 0 Å². The highest BCUT2D eigenvalue weighted by molar-refractivity contribution is 5.20. The summed E-state index contributed by atoms with van der Waals surface area (Å²) in [6.45, 7) is 4.61. The molecule has 0 saturated carbocycles. The number of alkyl halides is 1. The summed E-state index contributed by atoms with van der Waals surface area (Å²) in [7, 11) is 0. The van der Waals surface area contributed by atoms with Crippen LogP contribution >= 0.6 is 0 Å². The van der Waals surface area contributed by atoms with Gasteiger partial charge < -0.3 is 0 Å². The van der Waals surface area contributed by atoms with Gasteiger partial charge in [-0.3, -0.25) is 0 Å². The van der Waals surface area contributed by atoms with Crippen LogP contribution in [0, 0.1) is 0 Å². The minimum absolute atomic E-state index is 0.521. The molecule has 16 heavy (non-hydrogen) atoms. The van der Waals surface area contributed by atoms with E-state index < -0.39 is 5.67 Å². The van der Waals surface area contributed by atoms with E-state index in [1.54, 1.807) is 4.68 Å². The maximum atomic E-state index is 14.9. The summed E-state index contributed by atoms with van der Waals surface area (Å²) in [4.78, 5) is 0. The van der Waals surface area contributed by atoms with E-state index in [2.05, 4.69) is 10.3 Å². The predicted molar refractivity (Wildman–Crippen MR) is 60.9 cm³/mol. The average molecular weight is 225 g/mol. The lowest BCUT2D eigenvalue weighted by molar-refractivity contribution is 0.122. The van der Waals surface area contributed by atoms with Gasteiger partial charge in [-0.25, -0.2) is 9.07 Å². The number of hydrogen-bond donors (Lipinski definition) is 0.